The predicted octanol–water partition coefficient (Wildman–Crippen LogP) is 1.93. The maximum atomic E-state index is 12.7. The number of nitrogens with zero attached hydrogens (tertiary/aromatic N) is 3. The Morgan fingerprint density at radius 1 is 1.07 bits per heavy atom. The number of piperazine rings is 1. The molecule has 154 valence electrons. The van der Waals surface area contributed by atoms with Gasteiger partial charge in [0.2, 0.25) is 15.9 Å². The number of carbonyl (C=O) groups is 1. The number of amides is 1. The Hall–Kier alpha value is -2.82. The lowest BCUT2D eigenvalue weighted by Crippen LogP contribution is -2.53. The fraction of sp³-hybridized carbons (Fsp3) is 0.316. The number of hydrogen-bond donors (Lipinski definition) is 1. The van der Waals surface area contributed by atoms with Crippen LogP contribution in [-0.4, -0.2) is 60.7 Å². The monoisotopic (exact) mass is 418 g/mol. The molecule has 0 spiro atoms. The lowest BCUT2D eigenvalue weighted by Gasteiger charge is -2.36. The molecule has 1 aliphatic heterocycles. The second kappa shape index (κ2) is 8.68. The number of nitro groups is 1. The van der Waals surface area contributed by atoms with Gasteiger partial charge in [-0.1, -0.05) is 24.3 Å². The largest absolute Gasteiger partial charge is 0.324 e. The smallest absolute Gasteiger partial charge is 0.271 e. The van der Waals surface area contributed by atoms with Gasteiger partial charge in [0.15, 0.2) is 0 Å². The molecule has 1 atom stereocenters. The standard InChI is InChI=1S/C19H22N4O5S/c1-15(19(24)20-16-6-5-7-17(14-16)23(25)26)21-10-12-22(13-11-21)29(27,28)18-8-3-2-4-9-18/h2-9,14-15H,10-13H2,1H3,(H,20,24)/t15-/m1/s1. The molecular weight excluding hydrogens is 396 g/mol. The Labute approximate surface area is 169 Å². The van der Waals surface area contributed by atoms with Crippen LogP contribution in [0.1, 0.15) is 6.92 Å². The van der Waals surface area contributed by atoms with Gasteiger partial charge in [-0.3, -0.25) is 19.8 Å². The highest BCUT2D eigenvalue weighted by molar-refractivity contribution is 7.89. The zero-order valence-electron chi connectivity index (χ0n) is 15.9. The van der Waals surface area contributed by atoms with Crippen molar-refractivity contribution < 1.29 is 18.1 Å². The van der Waals surface area contributed by atoms with Crippen LogP contribution in [0.3, 0.4) is 0 Å². The molecule has 29 heavy (non-hydrogen) atoms. The van der Waals surface area contributed by atoms with E-state index >= 15 is 0 Å². The summed E-state index contributed by atoms with van der Waals surface area (Å²) in [6.07, 6.45) is 0. The highest BCUT2D eigenvalue weighted by Crippen LogP contribution is 2.20. The Morgan fingerprint density at radius 2 is 1.72 bits per heavy atom. The minimum atomic E-state index is -3.55. The van der Waals surface area contributed by atoms with E-state index in [9.17, 15) is 23.3 Å². The maximum Gasteiger partial charge on any atom is 0.271 e. The van der Waals surface area contributed by atoms with E-state index in [2.05, 4.69) is 5.32 Å². The molecule has 9 nitrogen and oxygen atoms in total. The number of non-ortho nitro benzene ring substituents is 1. The van der Waals surface area contributed by atoms with Gasteiger partial charge < -0.3 is 5.32 Å². The van der Waals surface area contributed by atoms with Crippen molar-refractivity contribution in [3.8, 4) is 0 Å². The molecule has 2 aromatic carbocycles. The summed E-state index contributed by atoms with van der Waals surface area (Å²) >= 11 is 0. The van der Waals surface area contributed by atoms with E-state index < -0.39 is 21.0 Å². The van der Waals surface area contributed by atoms with Crippen LogP contribution in [0.4, 0.5) is 11.4 Å². The number of hydrogen-bond acceptors (Lipinski definition) is 6. The Bertz CT molecular complexity index is 989. The van der Waals surface area contributed by atoms with E-state index in [-0.39, 0.29) is 29.6 Å². The number of benzene rings is 2. The molecule has 3 rings (SSSR count). The van der Waals surface area contributed by atoms with Gasteiger partial charge in [0.1, 0.15) is 0 Å². The summed E-state index contributed by atoms with van der Waals surface area (Å²) in [7, 11) is -3.55. The molecule has 1 N–H and O–H groups in total. The van der Waals surface area contributed by atoms with Gasteiger partial charge in [-0.05, 0) is 25.1 Å². The summed E-state index contributed by atoms with van der Waals surface area (Å²) in [4.78, 5) is 25.0. The van der Waals surface area contributed by atoms with Crippen molar-refractivity contribution in [3.63, 3.8) is 0 Å². The molecule has 1 fully saturated rings. The summed E-state index contributed by atoms with van der Waals surface area (Å²) in [5.41, 5.74) is 0.247. The summed E-state index contributed by atoms with van der Waals surface area (Å²) in [6.45, 7) is 3.12. The van der Waals surface area contributed by atoms with Crippen molar-refractivity contribution >= 4 is 27.3 Å². The lowest BCUT2D eigenvalue weighted by atomic mass is 10.2. The number of nitro benzene ring substituents is 1. The van der Waals surface area contributed by atoms with E-state index in [1.165, 1.54) is 22.5 Å². The zero-order valence-corrected chi connectivity index (χ0v) is 16.7. The van der Waals surface area contributed by atoms with Gasteiger partial charge in [-0.2, -0.15) is 4.31 Å². The molecule has 1 heterocycles. The number of nitrogens with one attached hydrogen (secondary N) is 1. The van der Waals surface area contributed by atoms with Crippen molar-refractivity contribution in [1.29, 1.82) is 0 Å². The second-order valence-electron chi connectivity index (χ2n) is 6.73. The number of anilines is 1. The Kier molecular flexibility index (Phi) is 6.26. The first-order chi connectivity index (χ1) is 13.8. The molecule has 1 amide bonds. The van der Waals surface area contributed by atoms with E-state index in [0.717, 1.165) is 0 Å². The molecule has 1 saturated heterocycles. The second-order valence-corrected chi connectivity index (χ2v) is 8.66. The van der Waals surface area contributed by atoms with Crippen molar-refractivity contribution in [2.75, 3.05) is 31.5 Å². The lowest BCUT2D eigenvalue weighted by molar-refractivity contribution is -0.384. The van der Waals surface area contributed by atoms with Crippen molar-refractivity contribution in [2.45, 2.75) is 17.9 Å². The van der Waals surface area contributed by atoms with Crippen molar-refractivity contribution in [1.82, 2.24) is 9.21 Å². The van der Waals surface area contributed by atoms with Gasteiger partial charge in [-0.15, -0.1) is 0 Å². The van der Waals surface area contributed by atoms with Crippen molar-refractivity contribution in [2.24, 2.45) is 0 Å². The normalized spacial score (nSPS) is 16.9. The topological polar surface area (TPSA) is 113 Å². The molecule has 0 bridgehead atoms. The molecule has 0 radical (unpaired) electrons. The average molecular weight is 418 g/mol. The van der Waals surface area contributed by atoms with E-state index in [0.29, 0.717) is 18.8 Å². The van der Waals surface area contributed by atoms with Crippen LogP contribution in [0.5, 0.6) is 0 Å². The SMILES string of the molecule is C[C@H](C(=O)Nc1cccc([N+](=O)[O-])c1)N1CCN(S(=O)(=O)c2ccccc2)CC1. The fourth-order valence-corrected chi connectivity index (χ4v) is 4.63. The van der Waals surface area contributed by atoms with Gasteiger partial charge in [0.25, 0.3) is 5.69 Å². The van der Waals surface area contributed by atoms with Crippen LogP contribution in [0.25, 0.3) is 0 Å². The Morgan fingerprint density at radius 3 is 2.34 bits per heavy atom. The van der Waals surface area contributed by atoms with Crippen LogP contribution in [-0.2, 0) is 14.8 Å². The van der Waals surface area contributed by atoms with Crippen LogP contribution in [0, 0.1) is 10.1 Å². The zero-order chi connectivity index (χ0) is 21.0. The molecular formula is C19H22N4O5S. The highest BCUT2D eigenvalue weighted by atomic mass is 32.2. The number of sulfonamides is 1. The summed E-state index contributed by atoms with van der Waals surface area (Å²) < 4.78 is 26.8. The summed E-state index contributed by atoms with van der Waals surface area (Å²) in [5.74, 6) is -0.301. The summed E-state index contributed by atoms with van der Waals surface area (Å²) in [6, 6.07) is 13.5. The van der Waals surface area contributed by atoms with Gasteiger partial charge in [-0.25, -0.2) is 8.42 Å². The minimum absolute atomic E-state index is 0.102. The molecule has 0 aliphatic carbocycles. The third kappa shape index (κ3) is 4.78. The number of carbonyl (C=O) groups excluding carboxylic acids is 1. The van der Waals surface area contributed by atoms with Gasteiger partial charge >= 0.3 is 0 Å². The first-order valence-corrected chi connectivity index (χ1v) is 10.6. The third-order valence-corrected chi connectivity index (χ3v) is 6.82. The van der Waals surface area contributed by atoms with Gasteiger partial charge in [0.05, 0.1) is 15.9 Å². The van der Waals surface area contributed by atoms with E-state index in [1.54, 1.807) is 43.3 Å². The first-order valence-electron chi connectivity index (χ1n) is 9.13. The summed E-state index contributed by atoms with van der Waals surface area (Å²) in [5, 5.41) is 13.5. The quantitative estimate of drug-likeness (QED) is 0.567. The predicted molar refractivity (Wildman–Crippen MR) is 108 cm³/mol. The molecule has 0 aromatic heterocycles. The molecule has 0 saturated carbocycles. The van der Waals surface area contributed by atoms with Crippen LogP contribution >= 0.6 is 0 Å². The van der Waals surface area contributed by atoms with Gasteiger partial charge in [0, 0.05) is 44.0 Å². The minimum Gasteiger partial charge on any atom is -0.324 e. The van der Waals surface area contributed by atoms with Crippen LogP contribution in [0.15, 0.2) is 59.5 Å². The average Bonchev–Trinajstić information content (AvgIpc) is 2.74. The molecule has 10 heteroatoms. The maximum absolute atomic E-state index is 12.7. The van der Waals surface area contributed by atoms with E-state index in [4.69, 9.17) is 0 Å². The van der Waals surface area contributed by atoms with E-state index in [1.807, 2.05) is 4.90 Å². The Balaban J connectivity index is 1.60. The molecule has 2 aromatic rings. The fourth-order valence-electron chi connectivity index (χ4n) is 3.18. The van der Waals surface area contributed by atoms with Crippen LogP contribution in [0.2, 0.25) is 0 Å². The van der Waals surface area contributed by atoms with Crippen molar-refractivity contribution in [3.05, 3.63) is 64.7 Å². The molecule has 1 aliphatic rings. The van der Waals surface area contributed by atoms with Crippen LogP contribution < -0.4 is 5.32 Å². The number of rotatable bonds is 6. The first kappa shape index (κ1) is 20.9. The molecule has 0 unspecified atom stereocenters. The highest BCUT2D eigenvalue weighted by Gasteiger charge is 2.31. The third-order valence-electron chi connectivity index (χ3n) is 4.91.